The Kier molecular flexibility index (Phi) is 4.16. The Balaban J connectivity index is 2.03. The maximum Gasteiger partial charge on any atom is 0.291 e. The molecule has 0 unspecified atom stereocenters. The van der Waals surface area contributed by atoms with E-state index in [9.17, 15) is 9.59 Å². The number of nitrogens with one attached hydrogen (secondary N) is 1. The standard InChI is InChI=1S/C19H16ClNO3/c1-10-5-4-6-15(12(10)3)21-19(23)18-9-16(22)13-8-14(20)11(2)7-17(13)24-18/h4-9H,1-3H3,(H,21,23). The van der Waals surface area contributed by atoms with Gasteiger partial charge in [-0.2, -0.15) is 0 Å². The zero-order valence-electron chi connectivity index (χ0n) is 13.6. The van der Waals surface area contributed by atoms with Crippen LogP contribution in [0, 0.1) is 20.8 Å². The van der Waals surface area contributed by atoms with Crippen LogP contribution in [0.2, 0.25) is 5.02 Å². The van der Waals surface area contributed by atoms with Crippen molar-refractivity contribution in [3.8, 4) is 0 Å². The van der Waals surface area contributed by atoms with Gasteiger partial charge in [0, 0.05) is 16.8 Å². The van der Waals surface area contributed by atoms with E-state index in [2.05, 4.69) is 5.32 Å². The number of hydrogen-bond donors (Lipinski definition) is 1. The van der Waals surface area contributed by atoms with E-state index in [4.69, 9.17) is 16.0 Å². The van der Waals surface area contributed by atoms with Gasteiger partial charge in [-0.15, -0.1) is 0 Å². The fraction of sp³-hybridized carbons (Fsp3) is 0.158. The van der Waals surface area contributed by atoms with Crippen LogP contribution >= 0.6 is 11.6 Å². The van der Waals surface area contributed by atoms with Crippen molar-refractivity contribution in [2.45, 2.75) is 20.8 Å². The molecule has 0 aliphatic rings. The van der Waals surface area contributed by atoms with E-state index in [1.807, 2.05) is 39.0 Å². The van der Waals surface area contributed by atoms with Gasteiger partial charge in [-0.25, -0.2) is 0 Å². The number of aryl methyl sites for hydroxylation is 2. The highest BCUT2D eigenvalue weighted by Crippen LogP contribution is 2.23. The molecule has 1 amide bonds. The summed E-state index contributed by atoms with van der Waals surface area (Å²) in [6.07, 6.45) is 0. The van der Waals surface area contributed by atoms with Crippen LogP contribution in [0.25, 0.3) is 11.0 Å². The van der Waals surface area contributed by atoms with Gasteiger partial charge in [-0.3, -0.25) is 9.59 Å². The summed E-state index contributed by atoms with van der Waals surface area (Å²) < 4.78 is 5.61. The summed E-state index contributed by atoms with van der Waals surface area (Å²) in [5.41, 5.74) is 3.55. The van der Waals surface area contributed by atoms with E-state index < -0.39 is 5.91 Å². The zero-order chi connectivity index (χ0) is 17.4. The molecule has 1 heterocycles. The first-order valence-electron chi connectivity index (χ1n) is 7.48. The van der Waals surface area contributed by atoms with Gasteiger partial charge in [0.05, 0.1) is 5.39 Å². The van der Waals surface area contributed by atoms with Gasteiger partial charge in [-0.05, 0) is 55.7 Å². The number of fused-ring (bicyclic) bond motifs is 1. The Labute approximate surface area is 144 Å². The number of amides is 1. The molecule has 24 heavy (non-hydrogen) atoms. The maximum absolute atomic E-state index is 12.5. The molecule has 0 saturated heterocycles. The van der Waals surface area contributed by atoms with Gasteiger partial charge < -0.3 is 9.73 Å². The molecule has 3 aromatic rings. The molecule has 1 aromatic heterocycles. The number of carbonyl (C=O) groups is 1. The first kappa shape index (κ1) is 16.3. The zero-order valence-corrected chi connectivity index (χ0v) is 14.3. The molecule has 0 radical (unpaired) electrons. The van der Waals surface area contributed by atoms with Crippen molar-refractivity contribution in [3.05, 3.63) is 74.1 Å². The molecule has 0 aliphatic heterocycles. The summed E-state index contributed by atoms with van der Waals surface area (Å²) in [5.74, 6) is -0.495. The molecule has 5 heteroatoms. The average Bonchev–Trinajstić information content (AvgIpc) is 2.53. The van der Waals surface area contributed by atoms with E-state index in [0.717, 1.165) is 16.7 Å². The molecule has 1 N–H and O–H groups in total. The summed E-state index contributed by atoms with van der Waals surface area (Å²) in [5, 5.41) is 3.63. The number of anilines is 1. The third-order valence-electron chi connectivity index (χ3n) is 4.09. The SMILES string of the molecule is Cc1cc2oc(C(=O)Nc3cccc(C)c3C)cc(=O)c2cc1Cl. The Morgan fingerprint density at radius 3 is 2.58 bits per heavy atom. The van der Waals surface area contributed by atoms with E-state index in [0.29, 0.717) is 21.7 Å². The first-order valence-corrected chi connectivity index (χ1v) is 7.86. The minimum Gasteiger partial charge on any atom is -0.451 e. The molecular formula is C19H16ClNO3. The Bertz CT molecular complexity index is 1020. The van der Waals surface area contributed by atoms with Crippen LogP contribution in [0.4, 0.5) is 5.69 Å². The predicted molar refractivity (Wildman–Crippen MR) is 96.1 cm³/mol. The van der Waals surface area contributed by atoms with E-state index in [-0.39, 0.29) is 11.2 Å². The lowest BCUT2D eigenvalue weighted by Gasteiger charge is -2.10. The maximum atomic E-state index is 12.5. The second kappa shape index (κ2) is 6.13. The van der Waals surface area contributed by atoms with Gasteiger partial charge in [0.15, 0.2) is 11.2 Å². The van der Waals surface area contributed by atoms with Crippen LogP contribution in [0.15, 0.2) is 45.6 Å². The third kappa shape index (κ3) is 2.93. The summed E-state index contributed by atoms with van der Waals surface area (Å²) >= 11 is 6.04. The van der Waals surface area contributed by atoms with Crippen LogP contribution in [-0.4, -0.2) is 5.91 Å². The average molecular weight is 342 g/mol. The predicted octanol–water partition coefficient (Wildman–Crippen LogP) is 4.62. The summed E-state index contributed by atoms with van der Waals surface area (Å²) in [6, 6.07) is 10.0. The molecule has 0 bridgehead atoms. The highest BCUT2D eigenvalue weighted by Gasteiger charge is 2.15. The van der Waals surface area contributed by atoms with E-state index >= 15 is 0 Å². The monoisotopic (exact) mass is 341 g/mol. The molecule has 0 fully saturated rings. The smallest absolute Gasteiger partial charge is 0.291 e. The van der Waals surface area contributed by atoms with Crippen molar-refractivity contribution in [2.75, 3.05) is 5.32 Å². The lowest BCUT2D eigenvalue weighted by Crippen LogP contribution is -2.15. The molecule has 0 atom stereocenters. The van der Waals surface area contributed by atoms with Crippen molar-refractivity contribution in [1.82, 2.24) is 0 Å². The summed E-state index contributed by atoms with van der Waals surface area (Å²) in [4.78, 5) is 24.7. The molecule has 122 valence electrons. The number of carbonyl (C=O) groups excluding carboxylic acids is 1. The fourth-order valence-corrected chi connectivity index (χ4v) is 2.62. The lowest BCUT2D eigenvalue weighted by atomic mass is 10.1. The number of benzene rings is 2. The molecule has 4 nitrogen and oxygen atoms in total. The molecule has 3 rings (SSSR count). The van der Waals surface area contributed by atoms with Gasteiger partial charge in [0.2, 0.25) is 0 Å². The van der Waals surface area contributed by atoms with Gasteiger partial charge in [0.25, 0.3) is 5.91 Å². The normalized spacial score (nSPS) is 10.8. The van der Waals surface area contributed by atoms with Crippen LogP contribution in [0.3, 0.4) is 0 Å². The summed E-state index contributed by atoms with van der Waals surface area (Å²) in [6.45, 7) is 5.70. The number of rotatable bonds is 2. The minimum absolute atomic E-state index is 0.0323. The van der Waals surface area contributed by atoms with Crippen LogP contribution in [-0.2, 0) is 0 Å². The fourth-order valence-electron chi connectivity index (χ4n) is 2.46. The van der Waals surface area contributed by atoms with Crippen LogP contribution in [0.1, 0.15) is 27.2 Å². The molecular weight excluding hydrogens is 326 g/mol. The van der Waals surface area contributed by atoms with Gasteiger partial charge >= 0.3 is 0 Å². The quantitative estimate of drug-likeness (QED) is 0.739. The minimum atomic E-state index is -0.463. The molecule has 0 spiro atoms. The van der Waals surface area contributed by atoms with Crippen molar-refractivity contribution in [3.63, 3.8) is 0 Å². The van der Waals surface area contributed by atoms with E-state index in [1.165, 1.54) is 6.07 Å². The number of hydrogen-bond acceptors (Lipinski definition) is 3. The van der Waals surface area contributed by atoms with Crippen LogP contribution in [0.5, 0.6) is 0 Å². The van der Waals surface area contributed by atoms with Gasteiger partial charge in [0.1, 0.15) is 5.58 Å². The van der Waals surface area contributed by atoms with Crippen LogP contribution < -0.4 is 10.7 Å². The largest absolute Gasteiger partial charge is 0.451 e. The summed E-state index contributed by atoms with van der Waals surface area (Å²) in [7, 11) is 0. The Morgan fingerprint density at radius 1 is 1.08 bits per heavy atom. The third-order valence-corrected chi connectivity index (χ3v) is 4.49. The lowest BCUT2D eigenvalue weighted by molar-refractivity contribution is 0.0997. The highest BCUT2D eigenvalue weighted by molar-refractivity contribution is 6.32. The van der Waals surface area contributed by atoms with E-state index in [1.54, 1.807) is 12.1 Å². The molecule has 0 saturated carbocycles. The van der Waals surface area contributed by atoms with Crippen molar-refractivity contribution in [2.24, 2.45) is 0 Å². The second-order valence-electron chi connectivity index (χ2n) is 5.77. The first-order chi connectivity index (χ1) is 11.4. The Morgan fingerprint density at radius 2 is 1.83 bits per heavy atom. The van der Waals surface area contributed by atoms with Crippen molar-refractivity contribution in [1.29, 1.82) is 0 Å². The van der Waals surface area contributed by atoms with Crippen molar-refractivity contribution >= 4 is 34.2 Å². The topological polar surface area (TPSA) is 59.3 Å². The highest BCUT2D eigenvalue weighted by atomic mass is 35.5. The Hall–Kier alpha value is -2.59. The number of halogens is 1. The van der Waals surface area contributed by atoms with Gasteiger partial charge in [-0.1, -0.05) is 23.7 Å². The molecule has 2 aromatic carbocycles. The second-order valence-corrected chi connectivity index (χ2v) is 6.18. The van der Waals surface area contributed by atoms with Crippen molar-refractivity contribution < 1.29 is 9.21 Å². The molecule has 0 aliphatic carbocycles.